The van der Waals surface area contributed by atoms with Crippen LogP contribution in [0, 0.1) is 5.92 Å². The van der Waals surface area contributed by atoms with Gasteiger partial charge in [-0.25, -0.2) is 0 Å². The van der Waals surface area contributed by atoms with Crippen LogP contribution in [0.2, 0.25) is 0 Å². The molecule has 2 atom stereocenters. The summed E-state index contributed by atoms with van der Waals surface area (Å²) in [5.41, 5.74) is 1.93. The van der Waals surface area contributed by atoms with Crippen LogP contribution in [-0.4, -0.2) is 23.5 Å². The average molecular weight is 321 g/mol. The standard InChI is InChI=1S/C20H19NO3/c22-17(13-15-9-5-2-6-10-15)18-19(23)16(21-20(18)24)12-11-14-7-3-1-4-8-14/h1-10,16,18H,11-13H2,(H,21,24). The van der Waals surface area contributed by atoms with Gasteiger partial charge in [0, 0.05) is 6.42 Å². The molecule has 1 saturated heterocycles. The molecular formula is C20H19NO3. The highest BCUT2D eigenvalue weighted by atomic mass is 16.2. The third-order valence-corrected chi connectivity index (χ3v) is 4.31. The Morgan fingerprint density at radius 2 is 1.46 bits per heavy atom. The van der Waals surface area contributed by atoms with E-state index in [2.05, 4.69) is 5.32 Å². The second kappa shape index (κ2) is 7.21. The van der Waals surface area contributed by atoms with Crippen molar-refractivity contribution in [1.82, 2.24) is 5.32 Å². The Morgan fingerprint density at radius 1 is 0.875 bits per heavy atom. The summed E-state index contributed by atoms with van der Waals surface area (Å²) in [4.78, 5) is 36.9. The molecule has 4 nitrogen and oxygen atoms in total. The van der Waals surface area contributed by atoms with E-state index in [1.807, 2.05) is 60.7 Å². The van der Waals surface area contributed by atoms with Crippen molar-refractivity contribution in [2.45, 2.75) is 25.3 Å². The van der Waals surface area contributed by atoms with Gasteiger partial charge in [-0.3, -0.25) is 14.4 Å². The van der Waals surface area contributed by atoms with E-state index in [1.54, 1.807) is 0 Å². The minimum Gasteiger partial charge on any atom is -0.345 e. The molecule has 24 heavy (non-hydrogen) atoms. The van der Waals surface area contributed by atoms with Gasteiger partial charge in [-0.2, -0.15) is 0 Å². The monoisotopic (exact) mass is 321 g/mol. The van der Waals surface area contributed by atoms with Crippen molar-refractivity contribution in [3.63, 3.8) is 0 Å². The van der Waals surface area contributed by atoms with Crippen molar-refractivity contribution < 1.29 is 14.4 Å². The predicted octanol–water partition coefficient (Wildman–Crippen LogP) is 2.11. The first-order valence-electron chi connectivity index (χ1n) is 8.10. The van der Waals surface area contributed by atoms with E-state index < -0.39 is 17.9 Å². The topological polar surface area (TPSA) is 63.2 Å². The van der Waals surface area contributed by atoms with E-state index in [0.717, 1.165) is 11.1 Å². The summed E-state index contributed by atoms with van der Waals surface area (Å²) >= 11 is 0. The lowest BCUT2D eigenvalue weighted by molar-refractivity contribution is -0.136. The van der Waals surface area contributed by atoms with Gasteiger partial charge < -0.3 is 5.32 Å². The molecule has 2 aromatic rings. The average Bonchev–Trinajstić information content (AvgIpc) is 2.88. The van der Waals surface area contributed by atoms with E-state index in [4.69, 9.17) is 0 Å². The molecular weight excluding hydrogens is 302 g/mol. The molecule has 2 aromatic carbocycles. The number of carbonyl (C=O) groups is 3. The fourth-order valence-corrected chi connectivity index (χ4v) is 3.03. The zero-order valence-electron chi connectivity index (χ0n) is 13.3. The third kappa shape index (κ3) is 3.59. The minimum atomic E-state index is -1.16. The number of Topliss-reactive ketones (excluding diaryl/α,β-unsaturated/α-hetero) is 2. The first-order valence-corrected chi connectivity index (χ1v) is 8.10. The normalized spacial score (nSPS) is 20.0. The lowest BCUT2D eigenvalue weighted by atomic mass is 9.92. The summed E-state index contributed by atoms with van der Waals surface area (Å²) < 4.78 is 0. The molecule has 1 N–H and O–H groups in total. The molecule has 0 aromatic heterocycles. The maximum absolute atomic E-state index is 12.5. The van der Waals surface area contributed by atoms with Gasteiger partial charge in [0.1, 0.15) is 0 Å². The van der Waals surface area contributed by atoms with Crippen LogP contribution in [0.5, 0.6) is 0 Å². The molecule has 0 saturated carbocycles. The van der Waals surface area contributed by atoms with Crippen LogP contribution in [0.3, 0.4) is 0 Å². The van der Waals surface area contributed by atoms with Crippen LogP contribution in [0.15, 0.2) is 60.7 Å². The first-order chi connectivity index (χ1) is 11.6. The minimum absolute atomic E-state index is 0.107. The number of rotatable bonds is 6. The Bertz CT molecular complexity index is 740. The largest absolute Gasteiger partial charge is 0.345 e. The fourth-order valence-electron chi connectivity index (χ4n) is 3.03. The summed E-state index contributed by atoms with van der Waals surface area (Å²) in [5.74, 6) is -2.24. The van der Waals surface area contributed by atoms with Crippen LogP contribution in [0.1, 0.15) is 17.5 Å². The van der Waals surface area contributed by atoms with Gasteiger partial charge in [-0.05, 0) is 24.0 Å². The number of amides is 1. The quantitative estimate of drug-likeness (QED) is 0.829. The Morgan fingerprint density at radius 3 is 2.08 bits per heavy atom. The molecule has 0 radical (unpaired) electrons. The Kier molecular flexibility index (Phi) is 4.85. The molecule has 122 valence electrons. The van der Waals surface area contributed by atoms with Gasteiger partial charge in [0.25, 0.3) is 0 Å². The van der Waals surface area contributed by atoms with Crippen molar-refractivity contribution >= 4 is 17.5 Å². The summed E-state index contributed by atoms with van der Waals surface area (Å²) in [7, 11) is 0. The second-order valence-corrected chi connectivity index (χ2v) is 6.05. The van der Waals surface area contributed by atoms with E-state index in [1.165, 1.54) is 0 Å². The second-order valence-electron chi connectivity index (χ2n) is 6.05. The number of benzene rings is 2. The van der Waals surface area contributed by atoms with Crippen molar-refractivity contribution in [3.05, 3.63) is 71.8 Å². The van der Waals surface area contributed by atoms with Crippen molar-refractivity contribution in [2.24, 2.45) is 5.92 Å². The number of hydrogen-bond donors (Lipinski definition) is 1. The van der Waals surface area contributed by atoms with Gasteiger partial charge >= 0.3 is 0 Å². The van der Waals surface area contributed by atoms with E-state index in [9.17, 15) is 14.4 Å². The van der Waals surface area contributed by atoms with Crippen molar-refractivity contribution in [2.75, 3.05) is 0 Å². The number of hydrogen-bond acceptors (Lipinski definition) is 3. The highest BCUT2D eigenvalue weighted by Crippen LogP contribution is 2.19. The molecule has 1 heterocycles. The Labute approximate surface area is 140 Å². The molecule has 2 unspecified atom stereocenters. The van der Waals surface area contributed by atoms with Gasteiger partial charge in [0.05, 0.1) is 6.04 Å². The molecule has 1 fully saturated rings. The van der Waals surface area contributed by atoms with E-state index >= 15 is 0 Å². The zero-order valence-corrected chi connectivity index (χ0v) is 13.3. The van der Waals surface area contributed by atoms with Gasteiger partial charge in [-0.1, -0.05) is 60.7 Å². The fraction of sp³-hybridized carbons (Fsp3) is 0.250. The molecule has 0 aliphatic carbocycles. The SMILES string of the molecule is O=C(Cc1ccccc1)C1C(=O)NC(CCc2ccccc2)C1=O. The number of ketones is 2. The first kappa shape index (κ1) is 16.1. The number of nitrogens with one attached hydrogen (secondary N) is 1. The van der Waals surface area contributed by atoms with Crippen LogP contribution < -0.4 is 5.32 Å². The third-order valence-electron chi connectivity index (χ3n) is 4.31. The molecule has 0 bridgehead atoms. The maximum Gasteiger partial charge on any atom is 0.238 e. The zero-order chi connectivity index (χ0) is 16.9. The highest BCUT2D eigenvalue weighted by Gasteiger charge is 2.44. The van der Waals surface area contributed by atoms with Crippen LogP contribution >= 0.6 is 0 Å². The van der Waals surface area contributed by atoms with Crippen LogP contribution in [0.4, 0.5) is 0 Å². The van der Waals surface area contributed by atoms with E-state index in [-0.39, 0.29) is 18.0 Å². The van der Waals surface area contributed by atoms with Crippen LogP contribution in [0.25, 0.3) is 0 Å². The van der Waals surface area contributed by atoms with Gasteiger partial charge in [0.2, 0.25) is 5.91 Å². The lowest BCUT2D eigenvalue weighted by Gasteiger charge is -2.08. The van der Waals surface area contributed by atoms with E-state index in [0.29, 0.717) is 12.8 Å². The lowest BCUT2D eigenvalue weighted by Crippen LogP contribution is -2.29. The number of aryl methyl sites for hydroxylation is 1. The summed E-state index contributed by atoms with van der Waals surface area (Å²) in [6.07, 6.45) is 1.32. The maximum atomic E-state index is 12.5. The van der Waals surface area contributed by atoms with Gasteiger partial charge in [0.15, 0.2) is 17.5 Å². The van der Waals surface area contributed by atoms with Gasteiger partial charge in [-0.15, -0.1) is 0 Å². The highest BCUT2D eigenvalue weighted by molar-refractivity contribution is 6.24. The molecule has 1 aliphatic heterocycles. The Balaban J connectivity index is 1.62. The van der Waals surface area contributed by atoms with Crippen molar-refractivity contribution in [1.29, 1.82) is 0 Å². The molecule has 1 amide bonds. The Hall–Kier alpha value is -2.75. The predicted molar refractivity (Wildman–Crippen MR) is 90.3 cm³/mol. The summed E-state index contributed by atoms with van der Waals surface area (Å²) in [6.45, 7) is 0. The molecule has 1 aliphatic rings. The summed E-state index contributed by atoms with van der Waals surface area (Å²) in [6, 6.07) is 18.4. The molecule has 0 spiro atoms. The summed E-state index contributed by atoms with van der Waals surface area (Å²) in [5, 5.41) is 2.68. The van der Waals surface area contributed by atoms with Crippen LogP contribution in [-0.2, 0) is 27.2 Å². The molecule has 4 heteroatoms. The molecule has 3 rings (SSSR count). The number of carbonyl (C=O) groups excluding carboxylic acids is 3. The smallest absolute Gasteiger partial charge is 0.238 e. The van der Waals surface area contributed by atoms with Crippen molar-refractivity contribution in [3.8, 4) is 0 Å².